The Morgan fingerprint density at radius 1 is 0.844 bits per heavy atom. The standard InChI is InChI=1S/C25H18ClN3O3/c1-32-25(31)22-23(28-14-13-27-22)29-24(30)19-11-12-21(26)20(15-19)18-9-7-17(8-10-18)16-5-3-2-4-6-16/h2-15H,1H3,(H,28,29,30). The van der Waals surface area contributed by atoms with Crippen molar-refractivity contribution in [1.29, 1.82) is 0 Å². The van der Waals surface area contributed by atoms with Crippen molar-refractivity contribution in [3.63, 3.8) is 0 Å². The van der Waals surface area contributed by atoms with Crippen LogP contribution < -0.4 is 5.32 Å². The monoisotopic (exact) mass is 443 g/mol. The molecule has 0 saturated heterocycles. The van der Waals surface area contributed by atoms with Gasteiger partial charge in [-0.05, 0) is 34.9 Å². The first-order chi connectivity index (χ1) is 15.6. The van der Waals surface area contributed by atoms with E-state index >= 15 is 0 Å². The molecule has 4 rings (SSSR count). The molecule has 0 spiro atoms. The third-order valence-corrected chi connectivity index (χ3v) is 5.17. The van der Waals surface area contributed by atoms with Gasteiger partial charge in [0.15, 0.2) is 11.5 Å². The molecule has 0 saturated carbocycles. The molecule has 0 aliphatic rings. The van der Waals surface area contributed by atoms with Crippen LogP contribution in [0.15, 0.2) is 85.2 Å². The summed E-state index contributed by atoms with van der Waals surface area (Å²) in [5.74, 6) is -1.12. The lowest BCUT2D eigenvalue weighted by molar-refractivity contribution is 0.0595. The van der Waals surface area contributed by atoms with E-state index in [2.05, 4.69) is 20.0 Å². The molecule has 7 heteroatoms. The number of amides is 1. The Balaban J connectivity index is 1.61. The second-order valence-corrected chi connectivity index (χ2v) is 7.24. The molecule has 0 aliphatic heterocycles. The van der Waals surface area contributed by atoms with Crippen LogP contribution in [0.3, 0.4) is 0 Å². The van der Waals surface area contributed by atoms with Crippen LogP contribution in [0, 0.1) is 0 Å². The second-order valence-electron chi connectivity index (χ2n) is 6.84. The minimum absolute atomic E-state index is 0.0214. The summed E-state index contributed by atoms with van der Waals surface area (Å²) >= 11 is 6.42. The summed E-state index contributed by atoms with van der Waals surface area (Å²) < 4.78 is 4.69. The van der Waals surface area contributed by atoms with Crippen molar-refractivity contribution in [2.24, 2.45) is 0 Å². The van der Waals surface area contributed by atoms with Gasteiger partial charge in [0.05, 0.1) is 7.11 Å². The zero-order chi connectivity index (χ0) is 22.5. The van der Waals surface area contributed by atoms with Gasteiger partial charge in [-0.2, -0.15) is 0 Å². The molecule has 1 N–H and O–H groups in total. The summed E-state index contributed by atoms with van der Waals surface area (Å²) in [4.78, 5) is 32.7. The fourth-order valence-corrected chi connectivity index (χ4v) is 3.44. The lowest BCUT2D eigenvalue weighted by Gasteiger charge is -2.11. The average molecular weight is 444 g/mol. The van der Waals surface area contributed by atoms with Crippen LogP contribution in [0.25, 0.3) is 22.3 Å². The van der Waals surface area contributed by atoms with Crippen LogP contribution in [0.5, 0.6) is 0 Å². The van der Waals surface area contributed by atoms with Crippen molar-refractivity contribution < 1.29 is 14.3 Å². The van der Waals surface area contributed by atoms with E-state index in [1.165, 1.54) is 19.5 Å². The van der Waals surface area contributed by atoms with E-state index in [9.17, 15) is 9.59 Å². The second kappa shape index (κ2) is 9.41. The number of nitrogens with one attached hydrogen (secondary N) is 1. The van der Waals surface area contributed by atoms with Gasteiger partial charge in [0.1, 0.15) is 0 Å². The normalized spacial score (nSPS) is 10.4. The van der Waals surface area contributed by atoms with Crippen molar-refractivity contribution in [3.05, 3.63) is 101 Å². The molecular formula is C25H18ClN3O3. The summed E-state index contributed by atoms with van der Waals surface area (Å²) in [6.07, 6.45) is 2.73. The summed E-state index contributed by atoms with van der Waals surface area (Å²) in [7, 11) is 1.23. The molecule has 1 heterocycles. The number of hydrogen-bond donors (Lipinski definition) is 1. The molecule has 6 nitrogen and oxygen atoms in total. The Morgan fingerprint density at radius 3 is 2.22 bits per heavy atom. The third-order valence-electron chi connectivity index (χ3n) is 4.84. The molecule has 0 unspecified atom stereocenters. The van der Waals surface area contributed by atoms with Crippen LogP contribution in [0.2, 0.25) is 5.02 Å². The molecule has 0 radical (unpaired) electrons. The molecule has 158 valence electrons. The first kappa shape index (κ1) is 21.2. The number of hydrogen-bond acceptors (Lipinski definition) is 5. The largest absolute Gasteiger partial charge is 0.464 e. The number of esters is 1. The highest BCUT2D eigenvalue weighted by molar-refractivity contribution is 6.33. The van der Waals surface area contributed by atoms with E-state index in [-0.39, 0.29) is 11.5 Å². The van der Waals surface area contributed by atoms with Crippen molar-refractivity contribution in [1.82, 2.24) is 9.97 Å². The smallest absolute Gasteiger partial charge is 0.360 e. The maximum Gasteiger partial charge on any atom is 0.360 e. The van der Waals surface area contributed by atoms with Gasteiger partial charge in [-0.15, -0.1) is 0 Å². The molecular weight excluding hydrogens is 426 g/mol. The third kappa shape index (κ3) is 4.50. The fourth-order valence-electron chi connectivity index (χ4n) is 3.22. The number of halogens is 1. The lowest BCUT2D eigenvalue weighted by Crippen LogP contribution is -2.17. The van der Waals surface area contributed by atoms with Crippen molar-refractivity contribution in [3.8, 4) is 22.3 Å². The quantitative estimate of drug-likeness (QED) is 0.412. The number of carbonyl (C=O) groups excluding carboxylic acids is 2. The Kier molecular flexibility index (Phi) is 6.24. The molecule has 0 atom stereocenters. The zero-order valence-electron chi connectivity index (χ0n) is 17.1. The molecule has 1 aromatic heterocycles. The molecule has 1 amide bonds. The van der Waals surface area contributed by atoms with Crippen molar-refractivity contribution >= 4 is 29.3 Å². The molecule has 0 aliphatic carbocycles. The van der Waals surface area contributed by atoms with Gasteiger partial charge in [-0.3, -0.25) is 4.79 Å². The van der Waals surface area contributed by atoms with E-state index < -0.39 is 11.9 Å². The van der Waals surface area contributed by atoms with E-state index in [0.29, 0.717) is 16.1 Å². The summed E-state index contributed by atoms with van der Waals surface area (Å²) in [5.41, 5.74) is 4.07. The summed E-state index contributed by atoms with van der Waals surface area (Å²) in [6.45, 7) is 0. The molecule has 32 heavy (non-hydrogen) atoms. The highest BCUT2D eigenvalue weighted by atomic mass is 35.5. The van der Waals surface area contributed by atoms with Crippen molar-refractivity contribution in [2.45, 2.75) is 0 Å². The maximum atomic E-state index is 12.8. The molecule has 0 fully saturated rings. The summed E-state index contributed by atoms with van der Waals surface area (Å²) in [6, 6.07) is 23.0. The Hall–Kier alpha value is -4.03. The maximum absolute atomic E-state index is 12.8. The number of nitrogens with zero attached hydrogens (tertiary/aromatic N) is 2. The number of anilines is 1. The van der Waals surface area contributed by atoms with Crippen LogP contribution in [-0.2, 0) is 4.74 Å². The van der Waals surface area contributed by atoms with Gasteiger partial charge in [0.2, 0.25) is 0 Å². The first-order valence-corrected chi connectivity index (χ1v) is 10.1. The highest BCUT2D eigenvalue weighted by Gasteiger charge is 2.18. The van der Waals surface area contributed by atoms with E-state index in [1.54, 1.807) is 18.2 Å². The molecule has 0 bridgehead atoms. The van der Waals surface area contributed by atoms with Gasteiger partial charge in [-0.1, -0.05) is 66.2 Å². The summed E-state index contributed by atoms with van der Waals surface area (Å²) in [5, 5.41) is 3.13. The fraction of sp³-hybridized carbons (Fsp3) is 0.0400. The van der Waals surface area contributed by atoms with Gasteiger partial charge in [-0.25, -0.2) is 14.8 Å². The number of methoxy groups -OCH3 is 1. The number of carbonyl (C=O) groups is 2. The Bertz CT molecular complexity index is 1280. The predicted octanol–water partition coefficient (Wildman–Crippen LogP) is 5.50. The average Bonchev–Trinajstić information content (AvgIpc) is 2.85. The predicted molar refractivity (Wildman–Crippen MR) is 124 cm³/mol. The zero-order valence-corrected chi connectivity index (χ0v) is 17.8. The van der Waals surface area contributed by atoms with Crippen LogP contribution in [-0.4, -0.2) is 29.0 Å². The van der Waals surface area contributed by atoms with E-state index in [4.69, 9.17) is 11.6 Å². The van der Waals surface area contributed by atoms with Gasteiger partial charge >= 0.3 is 5.97 Å². The SMILES string of the molecule is COC(=O)c1nccnc1NC(=O)c1ccc(Cl)c(-c2ccc(-c3ccccc3)cc2)c1. The minimum atomic E-state index is -0.691. The van der Waals surface area contributed by atoms with Crippen LogP contribution in [0.1, 0.15) is 20.8 Å². The minimum Gasteiger partial charge on any atom is -0.464 e. The van der Waals surface area contributed by atoms with Gasteiger partial charge < -0.3 is 10.1 Å². The van der Waals surface area contributed by atoms with Gasteiger partial charge in [0.25, 0.3) is 5.91 Å². The molecule has 3 aromatic carbocycles. The Morgan fingerprint density at radius 2 is 1.50 bits per heavy atom. The highest BCUT2D eigenvalue weighted by Crippen LogP contribution is 2.31. The Labute approximate surface area is 189 Å². The van der Waals surface area contributed by atoms with E-state index in [0.717, 1.165) is 16.7 Å². The molecule has 4 aromatic rings. The number of rotatable bonds is 5. The number of aromatic nitrogens is 2. The van der Waals surface area contributed by atoms with E-state index in [1.807, 2.05) is 54.6 Å². The van der Waals surface area contributed by atoms with Crippen LogP contribution in [0.4, 0.5) is 5.82 Å². The number of ether oxygens (including phenoxy) is 1. The number of benzene rings is 3. The topological polar surface area (TPSA) is 81.2 Å². The first-order valence-electron chi connectivity index (χ1n) is 9.73. The lowest BCUT2D eigenvalue weighted by atomic mass is 9.99. The van der Waals surface area contributed by atoms with Gasteiger partial charge in [0, 0.05) is 28.5 Å². The van der Waals surface area contributed by atoms with Crippen molar-refractivity contribution in [2.75, 3.05) is 12.4 Å². The van der Waals surface area contributed by atoms with Crippen LogP contribution >= 0.6 is 11.6 Å².